The summed E-state index contributed by atoms with van der Waals surface area (Å²) in [5, 5.41) is 8.16. The van der Waals surface area contributed by atoms with E-state index in [-0.39, 0.29) is 24.0 Å². The molecular weight excluding hydrogens is 530 g/mol. The number of anilines is 2. The number of benzene rings is 1. The first kappa shape index (κ1) is 29.8. The Hall–Kier alpha value is -3.70. The normalized spacial score (nSPS) is 17.2. The topological polar surface area (TPSA) is 117 Å². The molecule has 5 rings (SSSR count). The van der Waals surface area contributed by atoms with E-state index in [9.17, 15) is 4.79 Å². The van der Waals surface area contributed by atoms with Gasteiger partial charge in [-0.1, -0.05) is 38.1 Å². The van der Waals surface area contributed by atoms with Gasteiger partial charge in [-0.2, -0.15) is 19.6 Å². The van der Waals surface area contributed by atoms with Gasteiger partial charge in [-0.3, -0.25) is 4.79 Å². The number of para-hydroxylation sites is 1. The summed E-state index contributed by atoms with van der Waals surface area (Å²) in [6.07, 6.45) is 9.01. The zero-order valence-electron chi connectivity index (χ0n) is 25.4. The molecule has 42 heavy (non-hydrogen) atoms. The Labute approximate surface area is 248 Å². The number of carbonyl (C=O) groups is 1. The number of nitrogens with one attached hydrogen (secondary N) is 1. The second-order valence-corrected chi connectivity index (χ2v) is 11.9. The summed E-state index contributed by atoms with van der Waals surface area (Å²) < 4.78 is 8.29. The van der Waals surface area contributed by atoms with Crippen molar-refractivity contribution in [2.24, 2.45) is 5.73 Å². The Morgan fingerprint density at radius 2 is 1.86 bits per heavy atom. The van der Waals surface area contributed by atoms with Gasteiger partial charge < -0.3 is 30.5 Å². The van der Waals surface area contributed by atoms with Crippen molar-refractivity contribution in [3.63, 3.8) is 0 Å². The van der Waals surface area contributed by atoms with Gasteiger partial charge in [0.2, 0.25) is 17.8 Å². The van der Waals surface area contributed by atoms with Crippen LogP contribution in [0.2, 0.25) is 0 Å². The zero-order chi connectivity index (χ0) is 29.6. The van der Waals surface area contributed by atoms with Crippen molar-refractivity contribution >= 4 is 23.5 Å². The zero-order valence-corrected chi connectivity index (χ0v) is 25.4. The highest BCUT2D eigenvalue weighted by Gasteiger charge is 2.24. The second kappa shape index (κ2) is 13.5. The van der Waals surface area contributed by atoms with E-state index in [4.69, 9.17) is 20.4 Å². The van der Waals surface area contributed by atoms with Crippen LogP contribution in [0.3, 0.4) is 0 Å². The molecule has 0 radical (unpaired) electrons. The van der Waals surface area contributed by atoms with E-state index in [1.807, 2.05) is 54.4 Å². The third-order valence-corrected chi connectivity index (χ3v) is 8.02. The highest BCUT2D eigenvalue weighted by atomic mass is 16.5. The molecule has 0 spiro atoms. The SMILES string of the molecule is CC(C)c1cnn2c(NCc3ccccc3OC3CCN(C(=O)/C=C/CN(C)C)CC3)nc(N3CCC(N)CC3)nc12. The molecule has 0 aliphatic carbocycles. The van der Waals surface area contributed by atoms with Gasteiger partial charge in [-0.15, -0.1) is 0 Å². The predicted octanol–water partition coefficient (Wildman–Crippen LogP) is 3.27. The Bertz CT molecular complexity index is 1370. The fourth-order valence-corrected chi connectivity index (χ4v) is 5.43. The summed E-state index contributed by atoms with van der Waals surface area (Å²) in [5.74, 6) is 2.57. The van der Waals surface area contributed by atoms with Gasteiger partial charge in [0.05, 0.1) is 6.20 Å². The summed E-state index contributed by atoms with van der Waals surface area (Å²) in [6.45, 7) is 8.66. The van der Waals surface area contributed by atoms with E-state index < -0.39 is 0 Å². The Morgan fingerprint density at radius 3 is 2.57 bits per heavy atom. The average molecular weight is 576 g/mol. The highest BCUT2D eigenvalue weighted by molar-refractivity contribution is 5.87. The molecule has 1 aromatic carbocycles. The third kappa shape index (κ3) is 7.19. The molecule has 2 aliphatic heterocycles. The first-order chi connectivity index (χ1) is 20.3. The van der Waals surface area contributed by atoms with E-state index in [0.29, 0.717) is 31.5 Å². The molecule has 0 atom stereocenters. The van der Waals surface area contributed by atoms with E-state index in [0.717, 1.165) is 67.8 Å². The van der Waals surface area contributed by atoms with Crippen LogP contribution in [0, 0.1) is 0 Å². The molecule has 3 N–H and O–H groups in total. The minimum atomic E-state index is 0.0588. The number of ether oxygens (including phenoxy) is 1. The van der Waals surface area contributed by atoms with E-state index >= 15 is 0 Å². The van der Waals surface area contributed by atoms with Crippen molar-refractivity contribution < 1.29 is 9.53 Å². The Kier molecular flexibility index (Phi) is 9.58. The van der Waals surface area contributed by atoms with Crippen LogP contribution in [0.5, 0.6) is 5.75 Å². The Morgan fingerprint density at radius 1 is 1.12 bits per heavy atom. The molecule has 0 bridgehead atoms. The van der Waals surface area contributed by atoms with Crippen LogP contribution in [0.1, 0.15) is 56.6 Å². The lowest BCUT2D eigenvalue weighted by atomic mass is 10.1. The maximum Gasteiger partial charge on any atom is 0.246 e. The molecule has 226 valence electrons. The van der Waals surface area contributed by atoms with Gasteiger partial charge >= 0.3 is 0 Å². The lowest BCUT2D eigenvalue weighted by Gasteiger charge is -2.32. The molecule has 2 saturated heterocycles. The van der Waals surface area contributed by atoms with Crippen molar-refractivity contribution in [3.8, 4) is 5.75 Å². The molecule has 3 aromatic rings. The van der Waals surface area contributed by atoms with Gasteiger partial charge in [0.15, 0.2) is 5.65 Å². The van der Waals surface area contributed by atoms with Gasteiger partial charge in [0.1, 0.15) is 11.9 Å². The van der Waals surface area contributed by atoms with Gasteiger partial charge in [0, 0.05) is 75.4 Å². The number of nitrogens with two attached hydrogens (primary N) is 1. The van der Waals surface area contributed by atoms with Crippen molar-refractivity contribution in [1.29, 1.82) is 0 Å². The fraction of sp³-hybridized carbons (Fsp3) is 0.548. The maximum absolute atomic E-state index is 12.5. The standard InChI is InChI=1S/C31H45N9O2/c1-22(2)26-21-34-40-29(26)35-31(39-16-11-24(32)12-17-39)36-30(40)33-20-23-8-5-6-9-27(23)42-25-13-18-38(19-14-25)28(41)10-7-15-37(3)4/h5-10,21-22,24-25H,11-20,32H2,1-4H3,(H,33,35,36)/b10-7+. The number of piperidine rings is 2. The molecule has 2 aromatic heterocycles. The van der Waals surface area contributed by atoms with Gasteiger partial charge in [0.25, 0.3) is 0 Å². The van der Waals surface area contributed by atoms with E-state index in [2.05, 4.69) is 35.2 Å². The number of hydrogen-bond donors (Lipinski definition) is 2. The van der Waals surface area contributed by atoms with Crippen molar-refractivity contribution in [2.75, 3.05) is 57.0 Å². The van der Waals surface area contributed by atoms with E-state index in [1.54, 1.807) is 10.6 Å². The molecule has 1 amide bonds. The quantitative estimate of drug-likeness (QED) is 0.351. The van der Waals surface area contributed by atoms with Crippen LogP contribution in [0.4, 0.5) is 11.9 Å². The summed E-state index contributed by atoms with van der Waals surface area (Å²) in [6, 6.07) is 8.34. The highest BCUT2D eigenvalue weighted by Crippen LogP contribution is 2.27. The predicted molar refractivity (Wildman–Crippen MR) is 166 cm³/mol. The molecular formula is C31H45N9O2. The largest absolute Gasteiger partial charge is 0.490 e. The summed E-state index contributed by atoms with van der Waals surface area (Å²) in [7, 11) is 3.98. The van der Waals surface area contributed by atoms with Crippen LogP contribution < -0.4 is 20.7 Å². The van der Waals surface area contributed by atoms with Gasteiger partial charge in [-0.25, -0.2) is 0 Å². The lowest BCUT2D eigenvalue weighted by Crippen LogP contribution is -2.41. The number of fused-ring (bicyclic) bond motifs is 1. The number of likely N-dealkylation sites (tertiary alicyclic amines) is 1. The van der Waals surface area contributed by atoms with Crippen LogP contribution in [-0.4, -0.2) is 94.3 Å². The van der Waals surface area contributed by atoms with Crippen LogP contribution in [0.25, 0.3) is 5.65 Å². The fourth-order valence-electron chi connectivity index (χ4n) is 5.43. The van der Waals surface area contributed by atoms with Crippen LogP contribution in [-0.2, 0) is 11.3 Å². The molecule has 2 fully saturated rings. The molecule has 0 saturated carbocycles. The van der Waals surface area contributed by atoms with Crippen molar-refractivity contribution in [3.05, 3.63) is 53.7 Å². The number of likely N-dealkylation sites (N-methyl/N-ethyl adjacent to an activating group) is 1. The molecule has 2 aliphatic rings. The molecule has 0 unspecified atom stereocenters. The Balaban J connectivity index is 1.27. The molecule has 4 heterocycles. The minimum Gasteiger partial charge on any atom is -0.490 e. The first-order valence-corrected chi connectivity index (χ1v) is 15.1. The molecule has 11 heteroatoms. The number of carbonyl (C=O) groups excluding carboxylic acids is 1. The minimum absolute atomic E-state index is 0.0588. The maximum atomic E-state index is 12.5. The van der Waals surface area contributed by atoms with Crippen LogP contribution >= 0.6 is 0 Å². The summed E-state index contributed by atoms with van der Waals surface area (Å²) in [4.78, 5) is 28.5. The first-order valence-electron chi connectivity index (χ1n) is 15.1. The number of hydrogen-bond acceptors (Lipinski definition) is 9. The van der Waals surface area contributed by atoms with Crippen molar-refractivity contribution in [2.45, 2.75) is 64.1 Å². The average Bonchev–Trinajstić information content (AvgIpc) is 3.42. The lowest BCUT2D eigenvalue weighted by molar-refractivity contribution is -0.127. The summed E-state index contributed by atoms with van der Waals surface area (Å²) in [5.41, 5.74) is 9.12. The van der Waals surface area contributed by atoms with Crippen LogP contribution in [0.15, 0.2) is 42.6 Å². The number of rotatable bonds is 10. The van der Waals surface area contributed by atoms with Gasteiger partial charge in [-0.05, 0) is 38.9 Å². The molecule has 11 nitrogen and oxygen atoms in total. The third-order valence-electron chi connectivity index (χ3n) is 8.02. The number of aromatic nitrogens is 4. The van der Waals surface area contributed by atoms with E-state index in [1.165, 1.54) is 0 Å². The monoisotopic (exact) mass is 575 g/mol. The summed E-state index contributed by atoms with van der Waals surface area (Å²) >= 11 is 0. The second-order valence-electron chi connectivity index (χ2n) is 11.9. The number of amides is 1. The number of nitrogens with zero attached hydrogens (tertiary/aromatic N) is 7. The van der Waals surface area contributed by atoms with Crippen molar-refractivity contribution in [1.82, 2.24) is 29.4 Å². The smallest absolute Gasteiger partial charge is 0.246 e.